The molecule has 168 valence electrons. The number of ether oxygens (including phenoxy) is 1. The lowest BCUT2D eigenvalue weighted by molar-refractivity contribution is -0.116. The lowest BCUT2D eigenvalue weighted by Crippen LogP contribution is -2.35. The van der Waals surface area contributed by atoms with E-state index in [1.165, 1.54) is 0 Å². The lowest BCUT2D eigenvalue weighted by Gasteiger charge is -2.25. The third-order valence-electron chi connectivity index (χ3n) is 5.36. The second-order valence-corrected chi connectivity index (χ2v) is 10.2. The molecule has 3 rings (SSSR count). The van der Waals surface area contributed by atoms with Crippen LogP contribution in [0.25, 0.3) is 0 Å². The number of nitrogens with one attached hydrogen (secondary N) is 1. The molecule has 31 heavy (non-hydrogen) atoms. The summed E-state index contributed by atoms with van der Waals surface area (Å²) >= 11 is 0. The number of benzene rings is 2. The Hall–Kier alpha value is -2.38. The summed E-state index contributed by atoms with van der Waals surface area (Å²) in [6.45, 7) is 7.06. The fraction of sp³-hybridized carbons (Fsp3) is 0.458. The molecule has 0 saturated carbocycles. The molecule has 1 amide bonds. The standard InChI is InChI=1S/C24H32N2O4S/c1-18(2)30-21-10-13-23(19(3)17-21)25-24(27)14-9-20-7-11-22(12-8-20)31(28,29)26-15-5-4-6-16-26/h7-8,10-13,17-18H,4-6,9,14-16H2,1-3H3,(H,25,27). The maximum Gasteiger partial charge on any atom is 0.243 e. The van der Waals surface area contributed by atoms with Crippen molar-refractivity contribution in [1.82, 2.24) is 4.31 Å². The van der Waals surface area contributed by atoms with Gasteiger partial charge in [0.15, 0.2) is 0 Å². The topological polar surface area (TPSA) is 75.7 Å². The molecule has 1 N–H and O–H groups in total. The largest absolute Gasteiger partial charge is 0.491 e. The molecular formula is C24H32N2O4S. The number of anilines is 1. The average molecular weight is 445 g/mol. The van der Waals surface area contributed by atoms with Crippen molar-refractivity contribution in [1.29, 1.82) is 0 Å². The molecule has 0 radical (unpaired) electrons. The van der Waals surface area contributed by atoms with Crippen LogP contribution in [0.2, 0.25) is 0 Å². The zero-order chi connectivity index (χ0) is 22.4. The summed E-state index contributed by atoms with van der Waals surface area (Å²) in [5.41, 5.74) is 2.65. The van der Waals surface area contributed by atoms with Gasteiger partial charge in [-0.15, -0.1) is 0 Å². The number of nitrogens with zero attached hydrogens (tertiary/aromatic N) is 1. The molecule has 0 unspecified atom stereocenters. The number of hydrogen-bond donors (Lipinski definition) is 1. The molecule has 0 aliphatic carbocycles. The summed E-state index contributed by atoms with van der Waals surface area (Å²) in [7, 11) is -3.42. The molecule has 2 aromatic rings. The van der Waals surface area contributed by atoms with E-state index in [0.29, 0.717) is 30.8 Å². The van der Waals surface area contributed by atoms with Crippen LogP contribution >= 0.6 is 0 Å². The Morgan fingerprint density at radius 1 is 1.06 bits per heavy atom. The van der Waals surface area contributed by atoms with E-state index < -0.39 is 10.0 Å². The second-order valence-electron chi connectivity index (χ2n) is 8.30. The van der Waals surface area contributed by atoms with Crippen LogP contribution in [-0.2, 0) is 21.2 Å². The molecule has 6 nitrogen and oxygen atoms in total. The molecule has 7 heteroatoms. The molecule has 0 aromatic heterocycles. The van der Waals surface area contributed by atoms with E-state index in [9.17, 15) is 13.2 Å². The Balaban J connectivity index is 1.55. The number of hydrogen-bond acceptors (Lipinski definition) is 4. The number of carbonyl (C=O) groups is 1. The first-order valence-electron chi connectivity index (χ1n) is 10.9. The van der Waals surface area contributed by atoms with E-state index in [1.807, 2.05) is 39.0 Å². The van der Waals surface area contributed by atoms with Gasteiger partial charge >= 0.3 is 0 Å². The Labute approximate surface area is 185 Å². The number of amides is 1. The van der Waals surface area contributed by atoms with E-state index in [2.05, 4.69) is 5.32 Å². The van der Waals surface area contributed by atoms with Crippen molar-refractivity contribution < 1.29 is 17.9 Å². The monoisotopic (exact) mass is 444 g/mol. The molecule has 1 fully saturated rings. The van der Waals surface area contributed by atoms with Crippen LogP contribution in [0.1, 0.15) is 50.7 Å². The van der Waals surface area contributed by atoms with Gasteiger partial charge in [-0.3, -0.25) is 4.79 Å². The van der Waals surface area contributed by atoms with Crippen LogP contribution in [0.15, 0.2) is 47.4 Å². The minimum Gasteiger partial charge on any atom is -0.491 e. The molecule has 0 spiro atoms. The van der Waals surface area contributed by atoms with Gasteiger partial charge in [-0.2, -0.15) is 4.31 Å². The fourth-order valence-corrected chi connectivity index (χ4v) is 5.19. The number of sulfonamides is 1. The quantitative estimate of drug-likeness (QED) is 0.649. The summed E-state index contributed by atoms with van der Waals surface area (Å²) in [6, 6.07) is 12.5. The van der Waals surface area contributed by atoms with E-state index in [-0.39, 0.29) is 12.0 Å². The van der Waals surface area contributed by atoms with E-state index in [0.717, 1.165) is 41.8 Å². The summed E-state index contributed by atoms with van der Waals surface area (Å²) in [5.74, 6) is 0.704. The van der Waals surface area contributed by atoms with Gasteiger partial charge in [0.25, 0.3) is 0 Å². The van der Waals surface area contributed by atoms with Gasteiger partial charge in [-0.05, 0) is 81.5 Å². The predicted molar refractivity (Wildman–Crippen MR) is 123 cm³/mol. The summed E-state index contributed by atoms with van der Waals surface area (Å²) in [6.07, 6.45) is 3.88. The summed E-state index contributed by atoms with van der Waals surface area (Å²) in [4.78, 5) is 12.7. The first kappa shape index (κ1) is 23.3. The van der Waals surface area contributed by atoms with Crippen molar-refractivity contribution in [2.45, 2.75) is 63.9 Å². The molecule has 1 heterocycles. The number of aryl methyl sites for hydroxylation is 2. The van der Waals surface area contributed by atoms with Crippen molar-refractivity contribution in [3.05, 3.63) is 53.6 Å². The third-order valence-corrected chi connectivity index (χ3v) is 7.27. The molecule has 2 aromatic carbocycles. The fourth-order valence-electron chi connectivity index (χ4n) is 3.67. The van der Waals surface area contributed by atoms with Crippen molar-refractivity contribution in [3.63, 3.8) is 0 Å². The highest BCUT2D eigenvalue weighted by Crippen LogP contribution is 2.23. The maximum absolute atomic E-state index is 12.7. The van der Waals surface area contributed by atoms with Crippen molar-refractivity contribution in [2.75, 3.05) is 18.4 Å². The van der Waals surface area contributed by atoms with Crippen LogP contribution in [-0.4, -0.2) is 37.8 Å². The highest BCUT2D eigenvalue weighted by Gasteiger charge is 2.25. The summed E-state index contributed by atoms with van der Waals surface area (Å²) < 4.78 is 32.7. The Morgan fingerprint density at radius 3 is 2.35 bits per heavy atom. The van der Waals surface area contributed by atoms with Gasteiger partial charge in [-0.25, -0.2) is 8.42 Å². The van der Waals surface area contributed by atoms with E-state index >= 15 is 0 Å². The molecule has 0 bridgehead atoms. The minimum atomic E-state index is -3.42. The van der Waals surface area contributed by atoms with Gasteiger partial charge in [-0.1, -0.05) is 18.6 Å². The smallest absolute Gasteiger partial charge is 0.243 e. The van der Waals surface area contributed by atoms with Gasteiger partial charge in [0.2, 0.25) is 15.9 Å². The zero-order valence-electron chi connectivity index (χ0n) is 18.6. The van der Waals surface area contributed by atoms with Crippen LogP contribution in [0.4, 0.5) is 5.69 Å². The highest BCUT2D eigenvalue weighted by molar-refractivity contribution is 7.89. The minimum absolute atomic E-state index is 0.0781. The number of piperidine rings is 1. The summed E-state index contributed by atoms with van der Waals surface area (Å²) in [5, 5.41) is 2.94. The first-order chi connectivity index (χ1) is 14.8. The van der Waals surface area contributed by atoms with Gasteiger partial charge in [0.1, 0.15) is 5.75 Å². The third kappa shape index (κ3) is 6.31. The zero-order valence-corrected chi connectivity index (χ0v) is 19.4. The Kier molecular flexibility index (Phi) is 7.73. The molecule has 0 atom stereocenters. The van der Waals surface area contributed by atoms with Crippen LogP contribution in [0.5, 0.6) is 5.75 Å². The van der Waals surface area contributed by atoms with Crippen LogP contribution in [0.3, 0.4) is 0 Å². The molecular weight excluding hydrogens is 412 g/mol. The van der Waals surface area contributed by atoms with Crippen molar-refractivity contribution in [3.8, 4) is 5.75 Å². The number of rotatable bonds is 8. The Morgan fingerprint density at radius 2 is 1.74 bits per heavy atom. The molecule has 1 aliphatic heterocycles. The Bertz CT molecular complexity index is 995. The van der Waals surface area contributed by atoms with Gasteiger partial charge < -0.3 is 10.1 Å². The highest BCUT2D eigenvalue weighted by atomic mass is 32.2. The maximum atomic E-state index is 12.7. The number of carbonyl (C=O) groups excluding carboxylic acids is 1. The second kappa shape index (κ2) is 10.3. The lowest BCUT2D eigenvalue weighted by atomic mass is 10.1. The predicted octanol–water partition coefficient (Wildman–Crippen LogP) is 4.53. The average Bonchev–Trinajstić information content (AvgIpc) is 2.75. The molecule has 1 saturated heterocycles. The van der Waals surface area contributed by atoms with Crippen molar-refractivity contribution >= 4 is 21.6 Å². The normalized spacial score (nSPS) is 15.1. The first-order valence-corrected chi connectivity index (χ1v) is 12.4. The van der Waals surface area contributed by atoms with Crippen LogP contribution < -0.4 is 10.1 Å². The van der Waals surface area contributed by atoms with Crippen molar-refractivity contribution in [2.24, 2.45) is 0 Å². The molecule has 1 aliphatic rings. The van der Waals surface area contributed by atoms with Gasteiger partial charge in [0, 0.05) is 25.2 Å². The van der Waals surface area contributed by atoms with Gasteiger partial charge in [0.05, 0.1) is 11.0 Å². The van der Waals surface area contributed by atoms with Crippen LogP contribution in [0, 0.1) is 6.92 Å². The SMILES string of the molecule is Cc1cc(OC(C)C)ccc1NC(=O)CCc1ccc(S(=O)(=O)N2CCCCC2)cc1. The van der Waals surface area contributed by atoms with E-state index in [1.54, 1.807) is 28.6 Å². The van der Waals surface area contributed by atoms with E-state index in [4.69, 9.17) is 4.74 Å².